The molecule has 0 fully saturated rings. The Morgan fingerprint density at radius 1 is 1.56 bits per heavy atom. The number of aryl methyl sites for hydroxylation is 1. The van der Waals surface area contributed by atoms with E-state index >= 15 is 0 Å². The van der Waals surface area contributed by atoms with E-state index in [0.717, 1.165) is 30.9 Å². The summed E-state index contributed by atoms with van der Waals surface area (Å²) in [5, 5.41) is 0. The first kappa shape index (κ1) is 11.5. The molecule has 5 heteroatoms. The zero-order valence-corrected chi connectivity index (χ0v) is 10.8. The predicted molar refractivity (Wildman–Crippen MR) is 66.0 cm³/mol. The third-order valence-electron chi connectivity index (χ3n) is 2.56. The maximum atomic E-state index is 11.7. The molecule has 0 N–H and O–H groups in total. The van der Waals surface area contributed by atoms with Crippen LogP contribution in [0.4, 0.5) is 0 Å². The Balaban J connectivity index is 2.15. The van der Waals surface area contributed by atoms with Gasteiger partial charge in [0.05, 0.1) is 22.9 Å². The van der Waals surface area contributed by atoms with Crippen LogP contribution in [0.5, 0.6) is 0 Å². The van der Waals surface area contributed by atoms with E-state index < -0.39 is 11.0 Å². The van der Waals surface area contributed by atoms with E-state index in [1.54, 1.807) is 12.4 Å². The van der Waals surface area contributed by atoms with Crippen LogP contribution in [0.3, 0.4) is 0 Å². The summed E-state index contributed by atoms with van der Waals surface area (Å²) in [6.45, 7) is 6.75. The van der Waals surface area contributed by atoms with E-state index in [0.29, 0.717) is 0 Å². The first-order valence-corrected chi connectivity index (χ1v) is 6.59. The molecule has 0 saturated heterocycles. The number of hydrogen-bond acceptors (Lipinski definition) is 2. The topological polar surface area (TPSA) is 47.2 Å². The van der Waals surface area contributed by atoms with Gasteiger partial charge in [-0.2, -0.15) is 4.40 Å². The highest BCUT2D eigenvalue weighted by molar-refractivity contribution is 7.85. The number of aromatic nitrogens is 2. The minimum absolute atomic E-state index is 0.301. The fourth-order valence-electron chi connectivity index (χ4n) is 1.65. The summed E-state index contributed by atoms with van der Waals surface area (Å²) >= 11 is 0. The van der Waals surface area contributed by atoms with E-state index in [1.165, 1.54) is 0 Å². The Kier molecular flexibility index (Phi) is 2.97. The molecule has 88 valence electrons. The van der Waals surface area contributed by atoms with Gasteiger partial charge in [-0.3, -0.25) is 0 Å². The number of fused-ring (bicyclic) bond motifs is 1. The SMILES string of the molecule is CC(C)(C)S(=O)N=Cc1cnc2n1CCC2. The van der Waals surface area contributed by atoms with Crippen LogP contribution >= 0.6 is 0 Å². The fourth-order valence-corrected chi connectivity index (χ4v) is 2.16. The van der Waals surface area contributed by atoms with Crippen molar-refractivity contribution in [3.63, 3.8) is 0 Å². The largest absolute Gasteiger partial charge is 0.327 e. The predicted octanol–water partition coefficient (Wildman–Crippen LogP) is 1.71. The van der Waals surface area contributed by atoms with Crippen molar-refractivity contribution in [3.8, 4) is 0 Å². The summed E-state index contributed by atoms with van der Waals surface area (Å²) in [4.78, 5) is 4.31. The van der Waals surface area contributed by atoms with E-state index in [4.69, 9.17) is 0 Å². The quantitative estimate of drug-likeness (QED) is 0.738. The molecule has 0 aromatic carbocycles. The van der Waals surface area contributed by atoms with Crippen molar-refractivity contribution in [2.75, 3.05) is 0 Å². The van der Waals surface area contributed by atoms with Gasteiger partial charge < -0.3 is 4.57 Å². The van der Waals surface area contributed by atoms with Crippen LogP contribution in [0, 0.1) is 0 Å². The lowest BCUT2D eigenvalue weighted by Gasteiger charge is -2.12. The molecule has 0 amide bonds. The lowest BCUT2D eigenvalue weighted by molar-refractivity contribution is 0.651. The number of nitrogens with zero attached hydrogens (tertiary/aromatic N) is 3. The van der Waals surface area contributed by atoms with Crippen LogP contribution in [-0.4, -0.2) is 24.7 Å². The first-order chi connectivity index (χ1) is 7.48. The zero-order valence-electron chi connectivity index (χ0n) is 9.93. The second kappa shape index (κ2) is 4.13. The van der Waals surface area contributed by atoms with Gasteiger partial charge in [-0.25, -0.2) is 9.19 Å². The highest BCUT2D eigenvalue weighted by Gasteiger charge is 2.19. The lowest BCUT2D eigenvalue weighted by Crippen LogP contribution is -2.19. The van der Waals surface area contributed by atoms with Crippen LogP contribution in [0.1, 0.15) is 38.7 Å². The molecule has 1 aromatic rings. The van der Waals surface area contributed by atoms with Gasteiger partial charge in [0, 0.05) is 13.0 Å². The third kappa shape index (κ3) is 2.24. The summed E-state index contributed by atoms with van der Waals surface area (Å²) in [5.74, 6) is 1.11. The Morgan fingerprint density at radius 3 is 3.00 bits per heavy atom. The molecule has 4 nitrogen and oxygen atoms in total. The van der Waals surface area contributed by atoms with Crippen LogP contribution in [0.15, 0.2) is 10.6 Å². The molecular formula is C11H17N3OS. The number of imidazole rings is 1. The van der Waals surface area contributed by atoms with Crippen molar-refractivity contribution < 1.29 is 4.21 Å². The Morgan fingerprint density at radius 2 is 2.31 bits per heavy atom. The van der Waals surface area contributed by atoms with E-state index in [1.807, 2.05) is 20.8 Å². The first-order valence-electron chi connectivity index (χ1n) is 5.49. The summed E-state index contributed by atoms with van der Waals surface area (Å²) in [6, 6.07) is 0. The molecule has 0 aliphatic carbocycles. The van der Waals surface area contributed by atoms with Gasteiger partial charge in [0.25, 0.3) is 0 Å². The summed E-state index contributed by atoms with van der Waals surface area (Å²) < 4.78 is 17.7. The van der Waals surface area contributed by atoms with E-state index in [-0.39, 0.29) is 4.75 Å². The number of hydrogen-bond donors (Lipinski definition) is 0. The number of rotatable bonds is 2. The third-order valence-corrected chi connectivity index (χ3v) is 3.90. The standard InChI is InChI=1S/C11H17N3OS/c1-11(2,3)16(15)13-8-9-7-12-10-5-4-6-14(9)10/h7-8H,4-6H2,1-3H3. The molecule has 0 radical (unpaired) electrons. The van der Waals surface area contributed by atoms with Crippen LogP contribution < -0.4 is 0 Å². The lowest BCUT2D eigenvalue weighted by atomic mass is 10.3. The van der Waals surface area contributed by atoms with Crippen molar-refractivity contribution in [2.45, 2.75) is 44.9 Å². The van der Waals surface area contributed by atoms with Gasteiger partial charge in [0.1, 0.15) is 16.8 Å². The molecule has 0 saturated carbocycles. The zero-order chi connectivity index (χ0) is 11.8. The van der Waals surface area contributed by atoms with Crippen LogP contribution in [0.2, 0.25) is 0 Å². The van der Waals surface area contributed by atoms with Gasteiger partial charge in [0.15, 0.2) is 0 Å². The highest BCUT2D eigenvalue weighted by Crippen LogP contribution is 2.16. The second-order valence-corrected chi connectivity index (χ2v) is 6.88. The fraction of sp³-hybridized carbons (Fsp3) is 0.636. The minimum Gasteiger partial charge on any atom is -0.327 e. The molecule has 1 aliphatic rings. The van der Waals surface area contributed by atoms with Crippen molar-refractivity contribution in [2.24, 2.45) is 4.40 Å². The molecule has 2 rings (SSSR count). The maximum Gasteiger partial charge on any atom is 0.144 e. The smallest absolute Gasteiger partial charge is 0.144 e. The molecule has 1 atom stereocenters. The van der Waals surface area contributed by atoms with Gasteiger partial charge >= 0.3 is 0 Å². The normalized spacial score (nSPS) is 17.9. The Bertz CT molecular complexity index is 443. The van der Waals surface area contributed by atoms with Gasteiger partial charge in [-0.05, 0) is 27.2 Å². The summed E-state index contributed by atoms with van der Waals surface area (Å²) in [6.07, 6.45) is 5.67. The molecule has 1 unspecified atom stereocenters. The van der Waals surface area contributed by atoms with Crippen molar-refractivity contribution in [1.82, 2.24) is 9.55 Å². The molecule has 0 bridgehead atoms. The summed E-state index contributed by atoms with van der Waals surface area (Å²) in [5.41, 5.74) is 0.963. The molecule has 2 heterocycles. The van der Waals surface area contributed by atoms with Crippen molar-refractivity contribution >= 4 is 17.2 Å². The van der Waals surface area contributed by atoms with Gasteiger partial charge in [0.2, 0.25) is 0 Å². The van der Waals surface area contributed by atoms with Crippen LogP contribution in [-0.2, 0) is 24.0 Å². The Labute approximate surface area is 98.4 Å². The van der Waals surface area contributed by atoms with Gasteiger partial charge in [-0.15, -0.1) is 0 Å². The van der Waals surface area contributed by atoms with Gasteiger partial charge in [-0.1, -0.05) is 0 Å². The average molecular weight is 239 g/mol. The molecular weight excluding hydrogens is 222 g/mol. The second-order valence-electron chi connectivity index (χ2n) is 4.95. The average Bonchev–Trinajstić information content (AvgIpc) is 2.74. The molecule has 1 aromatic heterocycles. The molecule has 1 aliphatic heterocycles. The minimum atomic E-state index is -1.19. The van der Waals surface area contributed by atoms with Crippen molar-refractivity contribution in [1.29, 1.82) is 0 Å². The molecule has 16 heavy (non-hydrogen) atoms. The highest BCUT2D eigenvalue weighted by atomic mass is 32.2. The monoisotopic (exact) mass is 239 g/mol. The van der Waals surface area contributed by atoms with Crippen LogP contribution in [0.25, 0.3) is 0 Å². The summed E-state index contributed by atoms with van der Waals surface area (Å²) in [7, 11) is -1.19. The van der Waals surface area contributed by atoms with Crippen molar-refractivity contribution in [3.05, 3.63) is 17.7 Å². The molecule has 0 spiro atoms. The maximum absolute atomic E-state index is 11.7. The van der Waals surface area contributed by atoms with E-state index in [2.05, 4.69) is 13.9 Å². The Hall–Kier alpha value is -0.970. The van der Waals surface area contributed by atoms with E-state index in [9.17, 15) is 4.21 Å².